The SMILES string of the molecule is CC[NH+](CC)CCNC(=O)C(=O)NC[C@@H](c1ccc(N(C)C)cc1)[NH+]1CC[NH+](C)CC1. The van der Waals surface area contributed by atoms with Gasteiger partial charge in [0, 0.05) is 25.3 Å². The average molecular weight is 436 g/mol. The van der Waals surface area contributed by atoms with Crippen molar-refractivity contribution in [2.45, 2.75) is 19.9 Å². The molecule has 0 unspecified atom stereocenters. The summed E-state index contributed by atoms with van der Waals surface area (Å²) in [5.41, 5.74) is 2.35. The number of carbonyl (C=O) groups is 2. The average Bonchev–Trinajstić information content (AvgIpc) is 2.78. The normalized spacial score (nSPS) is 19.7. The number of amides is 2. The molecule has 1 aromatic rings. The summed E-state index contributed by atoms with van der Waals surface area (Å²) in [4.78, 5) is 31.2. The van der Waals surface area contributed by atoms with E-state index in [2.05, 4.69) is 60.7 Å². The molecule has 0 aliphatic carbocycles. The minimum Gasteiger partial charge on any atom is -0.378 e. The number of quaternary nitrogens is 3. The summed E-state index contributed by atoms with van der Waals surface area (Å²) < 4.78 is 0. The van der Waals surface area contributed by atoms with Gasteiger partial charge in [-0.3, -0.25) is 9.59 Å². The van der Waals surface area contributed by atoms with Gasteiger partial charge in [0.15, 0.2) is 0 Å². The van der Waals surface area contributed by atoms with E-state index in [0.717, 1.165) is 51.5 Å². The van der Waals surface area contributed by atoms with Gasteiger partial charge in [-0.25, -0.2) is 0 Å². The molecule has 0 saturated carbocycles. The van der Waals surface area contributed by atoms with Gasteiger partial charge in [0.05, 0.1) is 39.8 Å². The largest absolute Gasteiger partial charge is 0.378 e. The van der Waals surface area contributed by atoms with Crippen LogP contribution in [0.1, 0.15) is 25.5 Å². The monoisotopic (exact) mass is 435 g/mol. The zero-order valence-electron chi connectivity index (χ0n) is 20.0. The van der Waals surface area contributed by atoms with Crippen molar-refractivity contribution in [2.75, 3.05) is 84.9 Å². The van der Waals surface area contributed by atoms with Gasteiger partial charge in [-0.15, -0.1) is 0 Å². The summed E-state index contributed by atoms with van der Waals surface area (Å²) in [6.07, 6.45) is 0. The number of piperazine rings is 1. The lowest BCUT2D eigenvalue weighted by Crippen LogP contribution is -3.27. The second-order valence-electron chi connectivity index (χ2n) is 8.83. The number of nitrogens with zero attached hydrogens (tertiary/aromatic N) is 1. The first-order chi connectivity index (χ1) is 14.8. The number of hydrogen-bond acceptors (Lipinski definition) is 3. The number of hydrogen-bond donors (Lipinski definition) is 5. The highest BCUT2D eigenvalue weighted by atomic mass is 16.2. The van der Waals surface area contributed by atoms with Crippen LogP contribution in [0.25, 0.3) is 0 Å². The van der Waals surface area contributed by atoms with Crippen molar-refractivity contribution in [2.24, 2.45) is 0 Å². The van der Waals surface area contributed by atoms with Crippen LogP contribution in [-0.2, 0) is 9.59 Å². The molecule has 8 heteroatoms. The molecule has 0 radical (unpaired) electrons. The third-order valence-electron chi connectivity index (χ3n) is 6.49. The fraction of sp³-hybridized carbons (Fsp3) is 0.652. The Balaban J connectivity index is 1.97. The van der Waals surface area contributed by atoms with Crippen LogP contribution < -0.4 is 30.2 Å². The minimum absolute atomic E-state index is 0.140. The molecule has 1 fully saturated rings. The molecule has 1 aliphatic heterocycles. The Morgan fingerprint density at radius 2 is 1.58 bits per heavy atom. The van der Waals surface area contributed by atoms with Gasteiger partial charge in [-0.05, 0) is 26.0 Å². The van der Waals surface area contributed by atoms with Gasteiger partial charge in [-0.2, -0.15) is 0 Å². The molecular formula is C23H43N6O2+3. The molecule has 1 heterocycles. The molecule has 8 nitrogen and oxygen atoms in total. The van der Waals surface area contributed by atoms with Crippen molar-refractivity contribution in [3.8, 4) is 0 Å². The Kier molecular flexibility index (Phi) is 10.2. The topological polar surface area (TPSA) is 74.8 Å². The molecule has 5 N–H and O–H groups in total. The van der Waals surface area contributed by atoms with Gasteiger partial charge in [-0.1, -0.05) is 12.1 Å². The van der Waals surface area contributed by atoms with E-state index in [1.54, 1.807) is 4.90 Å². The fourth-order valence-corrected chi connectivity index (χ4v) is 4.16. The molecule has 1 saturated heterocycles. The van der Waals surface area contributed by atoms with Crippen LogP contribution in [0.4, 0.5) is 5.69 Å². The minimum atomic E-state index is -0.538. The van der Waals surface area contributed by atoms with Crippen molar-refractivity contribution in [1.82, 2.24) is 10.6 Å². The number of rotatable bonds is 10. The lowest BCUT2D eigenvalue weighted by molar-refractivity contribution is -1.02. The van der Waals surface area contributed by atoms with E-state index < -0.39 is 11.8 Å². The van der Waals surface area contributed by atoms with E-state index >= 15 is 0 Å². The predicted molar refractivity (Wildman–Crippen MR) is 124 cm³/mol. The van der Waals surface area contributed by atoms with Gasteiger partial charge in [0.1, 0.15) is 32.2 Å². The summed E-state index contributed by atoms with van der Waals surface area (Å²) in [5, 5.41) is 5.66. The van der Waals surface area contributed by atoms with Crippen molar-refractivity contribution < 1.29 is 24.3 Å². The summed E-state index contributed by atoms with van der Waals surface area (Å²) in [6.45, 7) is 12.4. The molecule has 2 rings (SSSR count). The van der Waals surface area contributed by atoms with Crippen LogP contribution in [-0.4, -0.2) is 91.9 Å². The lowest BCUT2D eigenvalue weighted by atomic mass is 10.0. The van der Waals surface area contributed by atoms with Crippen molar-refractivity contribution in [1.29, 1.82) is 0 Å². The van der Waals surface area contributed by atoms with Crippen molar-refractivity contribution in [3.63, 3.8) is 0 Å². The maximum atomic E-state index is 12.4. The highest BCUT2D eigenvalue weighted by Crippen LogP contribution is 2.16. The maximum absolute atomic E-state index is 12.4. The van der Waals surface area contributed by atoms with E-state index in [0.29, 0.717) is 13.1 Å². The Bertz CT molecular complexity index is 682. The first kappa shape index (κ1) is 25.1. The van der Waals surface area contributed by atoms with Gasteiger partial charge in [0.25, 0.3) is 0 Å². The first-order valence-corrected chi connectivity index (χ1v) is 11.7. The quantitative estimate of drug-likeness (QED) is 0.246. The summed E-state index contributed by atoms with van der Waals surface area (Å²) in [6, 6.07) is 8.68. The number of carbonyl (C=O) groups excluding carboxylic acids is 2. The van der Waals surface area contributed by atoms with Gasteiger partial charge in [0.2, 0.25) is 0 Å². The Labute approximate surface area is 187 Å². The molecule has 0 bridgehead atoms. The number of nitrogens with one attached hydrogen (secondary N) is 5. The van der Waals surface area contributed by atoms with Gasteiger partial charge >= 0.3 is 11.8 Å². The van der Waals surface area contributed by atoms with E-state index in [-0.39, 0.29) is 6.04 Å². The van der Waals surface area contributed by atoms with Gasteiger partial charge < -0.3 is 30.2 Å². The van der Waals surface area contributed by atoms with Crippen LogP contribution >= 0.6 is 0 Å². The second-order valence-corrected chi connectivity index (χ2v) is 8.83. The molecular weight excluding hydrogens is 392 g/mol. The van der Waals surface area contributed by atoms with Crippen molar-refractivity contribution in [3.05, 3.63) is 29.8 Å². The summed E-state index contributed by atoms with van der Waals surface area (Å²) >= 11 is 0. The van der Waals surface area contributed by atoms with E-state index in [1.165, 1.54) is 15.4 Å². The van der Waals surface area contributed by atoms with Crippen LogP contribution in [0.15, 0.2) is 24.3 Å². The second kappa shape index (κ2) is 12.6. The lowest BCUT2D eigenvalue weighted by Gasteiger charge is -2.33. The van der Waals surface area contributed by atoms with Crippen LogP contribution in [0.5, 0.6) is 0 Å². The highest BCUT2D eigenvalue weighted by molar-refractivity contribution is 6.35. The number of benzene rings is 1. The third-order valence-corrected chi connectivity index (χ3v) is 6.49. The molecule has 1 aliphatic rings. The zero-order chi connectivity index (χ0) is 22.8. The molecule has 0 spiro atoms. The first-order valence-electron chi connectivity index (χ1n) is 11.7. The standard InChI is InChI=1S/C23H40N6O2/c1-6-28(7-2)13-12-24-22(30)23(31)25-18-21(29-16-14-27(5)15-17-29)19-8-10-20(11-9-19)26(3)4/h8-11,21H,6-7,12-18H2,1-5H3,(H,24,30)(H,25,31)/p+3/t21-/m0/s1. The third kappa shape index (κ3) is 7.79. The van der Waals surface area contributed by atoms with E-state index in [4.69, 9.17) is 0 Å². The number of likely N-dealkylation sites (N-methyl/N-ethyl adjacent to an activating group) is 2. The molecule has 1 aromatic carbocycles. The van der Waals surface area contributed by atoms with Crippen LogP contribution in [0.2, 0.25) is 0 Å². The Morgan fingerprint density at radius 3 is 2.13 bits per heavy atom. The molecule has 0 aromatic heterocycles. The molecule has 174 valence electrons. The van der Waals surface area contributed by atoms with E-state index in [1.807, 2.05) is 14.1 Å². The molecule has 2 amide bonds. The fourth-order valence-electron chi connectivity index (χ4n) is 4.16. The Hall–Kier alpha value is -2.16. The van der Waals surface area contributed by atoms with Crippen molar-refractivity contribution >= 4 is 17.5 Å². The summed E-state index contributed by atoms with van der Waals surface area (Å²) in [7, 11) is 6.28. The highest BCUT2D eigenvalue weighted by Gasteiger charge is 2.30. The Morgan fingerprint density at radius 1 is 1.00 bits per heavy atom. The zero-order valence-corrected chi connectivity index (χ0v) is 20.0. The number of anilines is 1. The van der Waals surface area contributed by atoms with E-state index in [9.17, 15) is 9.59 Å². The molecule has 1 atom stereocenters. The summed E-state index contributed by atoms with van der Waals surface area (Å²) in [5.74, 6) is -1.07. The maximum Gasteiger partial charge on any atom is 0.309 e. The molecule has 31 heavy (non-hydrogen) atoms. The smallest absolute Gasteiger partial charge is 0.309 e. The van der Waals surface area contributed by atoms with Crippen LogP contribution in [0, 0.1) is 0 Å². The predicted octanol–water partition coefficient (Wildman–Crippen LogP) is -3.64. The van der Waals surface area contributed by atoms with Crippen LogP contribution in [0.3, 0.4) is 0 Å².